The lowest BCUT2D eigenvalue weighted by Gasteiger charge is -2.10. The van der Waals surface area contributed by atoms with Crippen molar-refractivity contribution in [3.63, 3.8) is 0 Å². The number of carbonyl (C=O) groups is 1. The van der Waals surface area contributed by atoms with Gasteiger partial charge >= 0.3 is 0 Å². The first-order valence-electron chi connectivity index (χ1n) is 9.71. The molecule has 7 heteroatoms. The van der Waals surface area contributed by atoms with E-state index >= 15 is 0 Å². The molecule has 0 aromatic heterocycles. The highest BCUT2D eigenvalue weighted by Crippen LogP contribution is 2.28. The van der Waals surface area contributed by atoms with E-state index in [4.69, 9.17) is 14.2 Å². The summed E-state index contributed by atoms with van der Waals surface area (Å²) in [4.78, 5) is 12.4. The van der Waals surface area contributed by atoms with Crippen LogP contribution in [0.1, 0.15) is 28.4 Å². The third-order valence-electron chi connectivity index (χ3n) is 4.36. The average Bonchev–Trinajstić information content (AvgIpc) is 2.79. The third kappa shape index (κ3) is 5.82. The van der Waals surface area contributed by atoms with Crippen molar-refractivity contribution in [3.8, 4) is 17.2 Å². The molecule has 0 saturated carbocycles. The van der Waals surface area contributed by atoms with E-state index in [0.29, 0.717) is 40.5 Å². The molecule has 1 N–H and O–H groups in total. The molecule has 3 aromatic rings. The Bertz CT molecular complexity index is 1070. The molecular weight excluding hydrogens is 399 g/mol. The van der Waals surface area contributed by atoms with Gasteiger partial charge in [0.2, 0.25) is 0 Å². The number of benzene rings is 3. The van der Waals surface area contributed by atoms with Crippen LogP contribution in [0.3, 0.4) is 0 Å². The van der Waals surface area contributed by atoms with Crippen molar-refractivity contribution in [1.82, 2.24) is 5.43 Å². The van der Waals surface area contributed by atoms with E-state index in [1.807, 2.05) is 13.0 Å². The first kappa shape index (κ1) is 21.8. The van der Waals surface area contributed by atoms with Gasteiger partial charge in [-0.3, -0.25) is 4.79 Å². The van der Waals surface area contributed by atoms with Gasteiger partial charge in [-0.1, -0.05) is 30.3 Å². The minimum absolute atomic E-state index is 0.0792. The van der Waals surface area contributed by atoms with E-state index in [1.165, 1.54) is 19.4 Å². The van der Waals surface area contributed by atoms with Gasteiger partial charge in [0, 0.05) is 16.7 Å². The molecule has 1 amide bonds. The van der Waals surface area contributed by atoms with Crippen LogP contribution in [-0.4, -0.2) is 25.8 Å². The van der Waals surface area contributed by atoms with Gasteiger partial charge in [0.05, 0.1) is 19.9 Å². The van der Waals surface area contributed by atoms with Crippen LogP contribution in [-0.2, 0) is 6.61 Å². The number of methoxy groups -OCH3 is 1. The van der Waals surface area contributed by atoms with Crippen LogP contribution >= 0.6 is 0 Å². The first-order chi connectivity index (χ1) is 15.1. The Hall–Kier alpha value is -3.87. The lowest BCUT2D eigenvalue weighted by atomic mass is 10.2. The number of hydrogen-bond donors (Lipinski definition) is 1. The van der Waals surface area contributed by atoms with Crippen LogP contribution in [0.15, 0.2) is 71.8 Å². The average molecular weight is 422 g/mol. The van der Waals surface area contributed by atoms with Gasteiger partial charge in [-0.25, -0.2) is 9.82 Å². The smallest absolute Gasteiger partial charge is 0.271 e. The summed E-state index contributed by atoms with van der Waals surface area (Å²) in [6.45, 7) is 2.44. The largest absolute Gasteiger partial charge is 0.493 e. The first-order valence-corrected chi connectivity index (χ1v) is 9.71. The summed E-state index contributed by atoms with van der Waals surface area (Å²) in [5.74, 6) is 0.817. The van der Waals surface area contributed by atoms with Crippen molar-refractivity contribution >= 4 is 12.1 Å². The molecule has 160 valence electrons. The Morgan fingerprint density at radius 1 is 1.00 bits per heavy atom. The fraction of sp³-hybridized carbons (Fsp3) is 0.167. The predicted molar refractivity (Wildman–Crippen MR) is 116 cm³/mol. The van der Waals surface area contributed by atoms with Crippen molar-refractivity contribution in [3.05, 3.63) is 89.2 Å². The summed E-state index contributed by atoms with van der Waals surface area (Å²) in [5.41, 5.74) is 3.95. The van der Waals surface area contributed by atoms with Gasteiger partial charge in [-0.05, 0) is 43.3 Å². The Labute approximate surface area is 180 Å². The molecule has 3 rings (SSSR count). The highest BCUT2D eigenvalue weighted by atomic mass is 19.1. The van der Waals surface area contributed by atoms with E-state index in [-0.39, 0.29) is 12.4 Å². The van der Waals surface area contributed by atoms with Crippen LogP contribution in [0.25, 0.3) is 0 Å². The van der Waals surface area contributed by atoms with E-state index in [1.54, 1.807) is 54.6 Å². The quantitative estimate of drug-likeness (QED) is 0.405. The van der Waals surface area contributed by atoms with Gasteiger partial charge in [0.1, 0.15) is 18.2 Å². The van der Waals surface area contributed by atoms with Crippen LogP contribution in [0.2, 0.25) is 0 Å². The number of carbonyl (C=O) groups excluding carboxylic acids is 1. The second-order valence-corrected chi connectivity index (χ2v) is 6.42. The summed E-state index contributed by atoms with van der Waals surface area (Å²) in [6.07, 6.45) is 1.47. The number of nitrogens with zero attached hydrogens (tertiary/aromatic N) is 1. The number of nitrogens with one attached hydrogen (secondary N) is 1. The number of halogens is 1. The molecule has 0 atom stereocenters. The summed E-state index contributed by atoms with van der Waals surface area (Å²) < 4.78 is 30.3. The molecule has 0 aliphatic heterocycles. The molecule has 6 nitrogen and oxygen atoms in total. The minimum atomic E-state index is -0.401. The Morgan fingerprint density at radius 2 is 1.77 bits per heavy atom. The van der Waals surface area contributed by atoms with Crippen LogP contribution in [0.5, 0.6) is 17.2 Å². The van der Waals surface area contributed by atoms with E-state index in [2.05, 4.69) is 10.5 Å². The SMILES string of the molecule is CCOc1ccc(C(=O)N/N=C/c2ccccc2OCc2ccccc2F)cc1OC. The summed E-state index contributed by atoms with van der Waals surface area (Å²) in [5, 5.41) is 4.01. The highest BCUT2D eigenvalue weighted by Gasteiger charge is 2.11. The zero-order valence-corrected chi connectivity index (χ0v) is 17.3. The van der Waals surface area contributed by atoms with E-state index < -0.39 is 5.91 Å². The van der Waals surface area contributed by atoms with Crippen molar-refractivity contribution in [2.45, 2.75) is 13.5 Å². The number of hydrazone groups is 1. The predicted octanol–water partition coefficient (Wildman–Crippen LogP) is 4.58. The van der Waals surface area contributed by atoms with Gasteiger partial charge in [0.15, 0.2) is 11.5 Å². The van der Waals surface area contributed by atoms with Crippen LogP contribution in [0, 0.1) is 5.82 Å². The molecular formula is C24H23FN2O4. The lowest BCUT2D eigenvalue weighted by Crippen LogP contribution is -2.17. The molecule has 0 aliphatic carbocycles. The Morgan fingerprint density at radius 3 is 2.55 bits per heavy atom. The molecule has 31 heavy (non-hydrogen) atoms. The lowest BCUT2D eigenvalue weighted by molar-refractivity contribution is 0.0954. The molecule has 0 fully saturated rings. The van der Waals surface area contributed by atoms with E-state index in [9.17, 15) is 9.18 Å². The van der Waals surface area contributed by atoms with Gasteiger partial charge in [-0.15, -0.1) is 0 Å². The van der Waals surface area contributed by atoms with Gasteiger partial charge in [-0.2, -0.15) is 5.10 Å². The zero-order valence-electron chi connectivity index (χ0n) is 17.3. The van der Waals surface area contributed by atoms with Crippen LogP contribution < -0.4 is 19.6 Å². The maximum Gasteiger partial charge on any atom is 0.271 e. The summed E-state index contributed by atoms with van der Waals surface area (Å²) >= 11 is 0. The van der Waals surface area contributed by atoms with E-state index in [0.717, 1.165) is 0 Å². The molecule has 0 unspecified atom stereocenters. The fourth-order valence-electron chi connectivity index (χ4n) is 2.80. The summed E-state index contributed by atoms with van der Waals surface area (Å²) in [7, 11) is 1.51. The molecule has 0 heterocycles. The number of ether oxygens (including phenoxy) is 3. The highest BCUT2D eigenvalue weighted by molar-refractivity contribution is 5.95. The molecule has 0 aliphatic rings. The molecule has 3 aromatic carbocycles. The monoisotopic (exact) mass is 422 g/mol. The maximum atomic E-state index is 13.8. The Balaban J connectivity index is 1.66. The standard InChI is InChI=1S/C24H23FN2O4/c1-3-30-22-13-12-17(14-23(22)29-2)24(28)27-26-15-18-8-5-7-11-21(18)31-16-19-9-4-6-10-20(19)25/h4-15H,3,16H2,1-2H3,(H,27,28)/b26-15+. The fourth-order valence-corrected chi connectivity index (χ4v) is 2.80. The number of rotatable bonds is 9. The number of amides is 1. The molecule has 0 spiro atoms. The van der Waals surface area contributed by atoms with Crippen molar-refractivity contribution < 1.29 is 23.4 Å². The molecule has 0 radical (unpaired) electrons. The number of para-hydroxylation sites is 1. The minimum Gasteiger partial charge on any atom is -0.493 e. The van der Waals surface area contributed by atoms with Gasteiger partial charge in [0.25, 0.3) is 5.91 Å². The van der Waals surface area contributed by atoms with Crippen molar-refractivity contribution in [2.75, 3.05) is 13.7 Å². The summed E-state index contributed by atoms with van der Waals surface area (Å²) in [6, 6.07) is 18.5. The van der Waals surface area contributed by atoms with Crippen LogP contribution in [0.4, 0.5) is 4.39 Å². The third-order valence-corrected chi connectivity index (χ3v) is 4.36. The second-order valence-electron chi connectivity index (χ2n) is 6.42. The van der Waals surface area contributed by atoms with Gasteiger partial charge < -0.3 is 14.2 Å². The second kappa shape index (κ2) is 10.8. The molecule has 0 bridgehead atoms. The topological polar surface area (TPSA) is 69.2 Å². The Kier molecular flexibility index (Phi) is 7.59. The van der Waals surface area contributed by atoms with Crippen molar-refractivity contribution in [1.29, 1.82) is 0 Å². The van der Waals surface area contributed by atoms with Crippen molar-refractivity contribution in [2.24, 2.45) is 5.10 Å². The maximum absolute atomic E-state index is 13.8. The number of hydrogen-bond acceptors (Lipinski definition) is 5. The normalized spacial score (nSPS) is 10.7. The zero-order chi connectivity index (χ0) is 22.1. The molecule has 0 saturated heterocycles.